The Morgan fingerprint density at radius 3 is 2.83 bits per heavy atom. The second-order valence-corrected chi connectivity index (χ2v) is 5.40. The lowest BCUT2D eigenvalue weighted by atomic mass is 9.95. The number of fused-ring (bicyclic) bond motifs is 1. The summed E-state index contributed by atoms with van der Waals surface area (Å²) < 4.78 is 2.24. The zero-order valence-electron chi connectivity index (χ0n) is 10.3. The molecule has 4 heteroatoms. The molecule has 96 valence electrons. The van der Waals surface area contributed by atoms with Crippen LogP contribution in [0.5, 0.6) is 0 Å². The van der Waals surface area contributed by atoms with Gasteiger partial charge in [-0.15, -0.1) is 0 Å². The highest BCUT2D eigenvalue weighted by Crippen LogP contribution is 2.32. The number of aliphatic hydroxyl groups excluding tert-OH is 1. The Hall–Kier alpha value is -1.06. The standard InChI is InChI=1S/C14H17ClN2O/c15-13-8-10(9-18)12-6-7-17(14(12)16-13)11-4-2-1-3-5-11/h6-8,11,18H,1-5,9H2. The first-order chi connectivity index (χ1) is 8.79. The molecule has 1 N–H and O–H groups in total. The Balaban J connectivity index is 2.10. The summed E-state index contributed by atoms with van der Waals surface area (Å²) >= 11 is 6.03. The first kappa shape index (κ1) is 12.0. The van der Waals surface area contributed by atoms with E-state index in [4.69, 9.17) is 11.6 Å². The molecule has 1 aliphatic rings. The molecule has 1 aliphatic carbocycles. The van der Waals surface area contributed by atoms with Crippen molar-refractivity contribution in [1.29, 1.82) is 0 Å². The third kappa shape index (κ3) is 2.02. The molecule has 0 atom stereocenters. The van der Waals surface area contributed by atoms with Crippen molar-refractivity contribution in [3.8, 4) is 0 Å². The van der Waals surface area contributed by atoms with Gasteiger partial charge in [0.15, 0.2) is 0 Å². The molecule has 0 spiro atoms. The summed E-state index contributed by atoms with van der Waals surface area (Å²) in [5, 5.41) is 10.9. The first-order valence-electron chi connectivity index (χ1n) is 6.56. The van der Waals surface area contributed by atoms with E-state index in [0.29, 0.717) is 11.2 Å². The van der Waals surface area contributed by atoms with Gasteiger partial charge in [-0.05, 0) is 30.5 Å². The van der Waals surface area contributed by atoms with Gasteiger partial charge in [0.05, 0.1) is 6.61 Å². The minimum atomic E-state index is 0.00736. The molecule has 0 amide bonds. The Morgan fingerprint density at radius 2 is 2.11 bits per heavy atom. The summed E-state index contributed by atoms with van der Waals surface area (Å²) in [7, 11) is 0. The Bertz CT molecular complexity index is 558. The maximum Gasteiger partial charge on any atom is 0.142 e. The molecular weight excluding hydrogens is 248 g/mol. The van der Waals surface area contributed by atoms with Gasteiger partial charge in [0.25, 0.3) is 0 Å². The van der Waals surface area contributed by atoms with Gasteiger partial charge in [-0.3, -0.25) is 0 Å². The van der Waals surface area contributed by atoms with E-state index in [1.165, 1.54) is 32.1 Å². The molecule has 18 heavy (non-hydrogen) atoms. The first-order valence-corrected chi connectivity index (χ1v) is 6.94. The van der Waals surface area contributed by atoms with Crippen molar-refractivity contribution in [3.63, 3.8) is 0 Å². The minimum absolute atomic E-state index is 0.00736. The number of aromatic nitrogens is 2. The summed E-state index contributed by atoms with van der Waals surface area (Å²) in [6.45, 7) is 0.00736. The molecule has 0 bridgehead atoms. The number of halogens is 1. The van der Waals surface area contributed by atoms with E-state index < -0.39 is 0 Å². The van der Waals surface area contributed by atoms with E-state index in [2.05, 4.69) is 15.7 Å². The second kappa shape index (κ2) is 4.90. The van der Waals surface area contributed by atoms with E-state index in [0.717, 1.165) is 16.6 Å². The normalized spacial score (nSPS) is 17.4. The van der Waals surface area contributed by atoms with Crippen LogP contribution in [-0.2, 0) is 6.61 Å². The summed E-state index contributed by atoms with van der Waals surface area (Å²) in [5.41, 5.74) is 1.78. The molecule has 2 aromatic heterocycles. The minimum Gasteiger partial charge on any atom is -0.392 e. The van der Waals surface area contributed by atoms with Crippen LogP contribution in [0, 0.1) is 0 Å². The summed E-state index contributed by atoms with van der Waals surface area (Å²) in [4.78, 5) is 4.44. The molecule has 1 saturated carbocycles. The van der Waals surface area contributed by atoms with E-state index in [1.807, 2.05) is 6.07 Å². The van der Waals surface area contributed by atoms with Crippen LogP contribution in [0.2, 0.25) is 5.15 Å². The van der Waals surface area contributed by atoms with Crippen LogP contribution in [0.1, 0.15) is 43.7 Å². The Morgan fingerprint density at radius 1 is 1.33 bits per heavy atom. The van der Waals surface area contributed by atoms with Crippen LogP contribution in [0.15, 0.2) is 18.3 Å². The van der Waals surface area contributed by atoms with E-state index >= 15 is 0 Å². The van der Waals surface area contributed by atoms with Crippen molar-refractivity contribution in [2.75, 3.05) is 0 Å². The smallest absolute Gasteiger partial charge is 0.142 e. The quantitative estimate of drug-likeness (QED) is 0.840. The fourth-order valence-corrected chi connectivity index (χ4v) is 3.16. The van der Waals surface area contributed by atoms with Crippen LogP contribution in [0.25, 0.3) is 11.0 Å². The zero-order chi connectivity index (χ0) is 12.5. The SMILES string of the molecule is OCc1cc(Cl)nc2c1ccn2C1CCCCC1. The average molecular weight is 265 g/mol. The van der Waals surface area contributed by atoms with Crippen molar-refractivity contribution < 1.29 is 5.11 Å². The largest absolute Gasteiger partial charge is 0.392 e. The van der Waals surface area contributed by atoms with Gasteiger partial charge in [0.1, 0.15) is 10.8 Å². The fourth-order valence-electron chi connectivity index (χ4n) is 2.95. The highest BCUT2D eigenvalue weighted by atomic mass is 35.5. The monoisotopic (exact) mass is 264 g/mol. The molecular formula is C14H17ClN2O. The lowest BCUT2D eigenvalue weighted by Gasteiger charge is -2.23. The molecule has 0 radical (unpaired) electrons. The molecule has 2 aromatic rings. The number of rotatable bonds is 2. The molecule has 0 aliphatic heterocycles. The van der Waals surface area contributed by atoms with Gasteiger partial charge >= 0.3 is 0 Å². The number of hydrogen-bond acceptors (Lipinski definition) is 2. The Kier molecular flexibility index (Phi) is 3.27. The zero-order valence-corrected chi connectivity index (χ0v) is 11.0. The molecule has 1 fully saturated rings. The van der Waals surface area contributed by atoms with Gasteiger partial charge in [0.2, 0.25) is 0 Å². The lowest BCUT2D eigenvalue weighted by Crippen LogP contribution is -2.12. The van der Waals surface area contributed by atoms with Crippen molar-refractivity contribution in [1.82, 2.24) is 9.55 Å². The van der Waals surface area contributed by atoms with Crippen LogP contribution < -0.4 is 0 Å². The van der Waals surface area contributed by atoms with Crippen molar-refractivity contribution in [3.05, 3.63) is 29.0 Å². The molecule has 0 saturated heterocycles. The van der Waals surface area contributed by atoms with E-state index in [-0.39, 0.29) is 6.61 Å². The average Bonchev–Trinajstić information content (AvgIpc) is 2.82. The van der Waals surface area contributed by atoms with Gasteiger partial charge < -0.3 is 9.67 Å². The van der Waals surface area contributed by atoms with Crippen molar-refractivity contribution in [2.24, 2.45) is 0 Å². The number of pyridine rings is 1. The van der Waals surface area contributed by atoms with Crippen LogP contribution in [0.3, 0.4) is 0 Å². The summed E-state index contributed by atoms with van der Waals surface area (Å²) in [6, 6.07) is 4.32. The van der Waals surface area contributed by atoms with Gasteiger partial charge in [-0.2, -0.15) is 0 Å². The maximum absolute atomic E-state index is 9.38. The van der Waals surface area contributed by atoms with E-state index in [9.17, 15) is 5.11 Å². The van der Waals surface area contributed by atoms with Crippen molar-refractivity contribution >= 4 is 22.6 Å². The third-order valence-corrected chi connectivity index (χ3v) is 4.07. The number of hydrogen-bond donors (Lipinski definition) is 1. The van der Waals surface area contributed by atoms with Crippen molar-refractivity contribution in [2.45, 2.75) is 44.8 Å². The molecule has 2 heterocycles. The predicted molar refractivity (Wildman–Crippen MR) is 72.8 cm³/mol. The topological polar surface area (TPSA) is 38.1 Å². The van der Waals surface area contributed by atoms with Gasteiger partial charge in [-0.1, -0.05) is 30.9 Å². The fraction of sp³-hybridized carbons (Fsp3) is 0.500. The van der Waals surface area contributed by atoms with Crippen LogP contribution in [0.4, 0.5) is 0 Å². The lowest BCUT2D eigenvalue weighted by molar-refractivity contribution is 0.283. The maximum atomic E-state index is 9.38. The third-order valence-electron chi connectivity index (χ3n) is 3.88. The van der Waals surface area contributed by atoms with Gasteiger partial charge in [-0.25, -0.2) is 4.98 Å². The number of nitrogens with zero attached hydrogens (tertiary/aromatic N) is 2. The molecule has 0 unspecified atom stereocenters. The van der Waals surface area contributed by atoms with Gasteiger partial charge in [0, 0.05) is 17.6 Å². The molecule has 3 nitrogen and oxygen atoms in total. The van der Waals surface area contributed by atoms with Crippen LogP contribution in [-0.4, -0.2) is 14.7 Å². The molecule has 3 rings (SSSR count). The second-order valence-electron chi connectivity index (χ2n) is 5.01. The summed E-state index contributed by atoms with van der Waals surface area (Å²) in [6.07, 6.45) is 8.43. The highest BCUT2D eigenvalue weighted by Gasteiger charge is 2.18. The molecule has 0 aromatic carbocycles. The van der Waals surface area contributed by atoms with Crippen LogP contribution >= 0.6 is 11.6 Å². The Labute approximate surface area is 111 Å². The van der Waals surface area contributed by atoms with E-state index in [1.54, 1.807) is 6.07 Å². The highest BCUT2D eigenvalue weighted by molar-refractivity contribution is 6.29. The predicted octanol–water partition coefficient (Wildman–Crippen LogP) is 3.69. The summed E-state index contributed by atoms with van der Waals surface area (Å²) in [5.74, 6) is 0. The number of aliphatic hydroxyl groups is 1.